The second kappa shape index (κ2) is 4.86. The third-order valence-corrected chi connectivity index (χ3v) is 2.44. The Morgan fingerprint density at radius 1 is 1.53 bits per heavy atom. The second-order valence-electron chi connectivity index (χ2n) is 4.06. The molecule has 0 aliphatic carbocycles. The molecule has 0 bridgehead atoms. The molecule has 0 amide bonds. The van der Waals surface area contributed by atoms with Crippen molar-refractivity contribution >= 4 is 5.95 Å². The zero-order chi connectivity index (χ0) is 12.3. The van der Waals surface area contributed by atoms with Crippen molar-refractivity contribution in [1.82, 2.24) is 19.3 Å². The van der Waals surface area contributed by atoms with Crippen molar-refractivity contribution in [2.24, 2.45) is 0 Å². The normalized spacial score (nSPS) is 10.8. The summed E-state index contributed by atoms with van der Waals surface area (Å²) in [5, 5.41) is 7.49. The molecule has 0 fully saturated rings. The van der Waals surface area contributed by atoms with Crippen LogP contribution in [0.15, 0.2) is 37.4 Å². The number of imidazole rings is 1. The molecule has 0 atom stereocenters. The molecule has 17 heavy (non-hydrogen) atoms. The van der Waals surface area contributed by atoms with Crippen molar-refractivity contribution in [2.75, 3.05) is 11.9 Å². The van der Waals surface area contributed by atoms with Gasteiger partial charge in [0.1, 0.15) is 0 Å². The molecule has 90 valence electrons. The SMILES string of the molecule is C=CCNc1nccn1-c1cnn(C(C)C)c1. The van der Waals surface area contributed by atoms with Gasteiger partial charge in [0.25, 0.3) is 0 Å². The van der Waals surface area contributed by atoms with Crippen molar-refractivity contribution in [3.05, 3.63) is 37.4 Å². The maximum Gasteiger partial charge on any atom is 0.207 e. The van der Waals surface area contributed by atoms with Crippen molar-refractivity contribution < 1.29 is 0 Å². The van der Waals surface area contributed by atoms with E-state index in [1.54, 1.807) is 12.3 Å². The first-order valence-electron chi connectivity index (χ1n) is 5.65. The molecule has 0 spiro atoms. The minimum Gasteiger partial charge on any atom is -0.352 e. The van der Waals surface area contributed by atoms with E-state index in [4.69, 9.17) is 0 Å². The summed E-state index contributed by atoms with van der Waals surface area (Å²) in [5.74, 6) is 0.799. The third-order valence-electron chi connectivity index (χ3n) is 2.44. The van der Waals surface area contributed by atoms with Gasteiger partial charge in [0.2, 0.25) is 5.95 Å². The van der Waals surface area contributed by atoms with Crippen LogP contribution in [-0.2, 0) is 0 Å². The predicted octanol–water partition coefficient (Wildman–Crippen LogP) is 2.25. The molecule has 0 aromatic carbocycles. The van der Waals surface area contributed by atoms with Crippen LogP contribution in [0.4, 0.5) is 5.95 Å². The van der Waals surface area contributed by atoms with E-state index in [0.29, 0.717) is 12.6 Å². The second-order valence-corrected chi connectivity index (χ2v) is 4.06. The summed E-state index contributed by atoms with van der Waals surface area (Å²) < 4.78 is 3.89. The first kappa shape index (κ1) is 11.4. The van der Waals surface area contributed by atoms with Crippen LogP contribution in [0.5, 0.6) is 0 Å². The predicted molar refractivity (Wildman–Crippen MR) is 68.4 cm³/mol. The Hall–Kier alpha value is -2.04. The molecule has 2 rings (SSSR count). The minimum absolute atomic E-state index is 0.358. The van der Waals surface area contributed by atoms with E-state index in [0.717, 1.165) is 11.6 Å². The summed E-state index contributed by atoms with van der Waals surface area (Å²) in [6.45, 7) is 8.56. The molecule has 0 saturated carbocycles. The van der Waals surface area contributed by atoms with E-state index >= 15 is 0 Å². The van der Waals surface area contributed by atoms with Gasteiger partial charge >= 0.3 is 0 Å². The Morgan fingerprint density at radius 3 is 3.00 bits per heavy atom. The molecule has 0 radical (unpaired) electrons. The summed E-state index contributed by atoms with van der Waals surface area (Å²) in [6.07, 6.45) is 9.31. The fourth-order valence-electron chi connectivity index (χ4n) is 1.54. The number of aromatic nitrogens is 4. The molecule has 0 aliphatic heterocycles. The summed E-state index contributed by atoms with van der Waals surface area (Å²) >= 11 is 0. The van der Waals surface area contributed by atoms with Crippen LogP contribution in [0.25, 0.3) is 5.69 Å². The number of rotatable bonds is 5. The highest BCUT2D eigenvalue weighted by Crippen LogP contribution is 2.15. The van der Waals surface area contributed by atoms with Crippen LogP contribution in [0.2, 0.25) is 0 Å². The van der Waals surface area contributed by atoms with Crippen molar-refractivity contribution in [2.45, 2.75) is 19.9 Å². The van der Waals surface area contributed by atoms with E-state index in [-0.39, 0.29) is 0 Å². The number of nitrogens with zero attached hydrogens (tertiary/aromatic N) is 4. The highest BCUT2D eigenvalue weighted by atomic mass is 15.3. The molecule has 0 aliphatic rings. The van der Waals surface area contributed by atoms with Crippen LogP contribution in [-0.4, -0.2) is 25.9 Å². The molecular formula is C12H17N5. The number of anilines is 1. The Labute approximate surface area is 101 Å². The van der Waals surface area contributed by atoms with Crippen molar-refractivity contribution in [3.63, 3.8) is 0 Å². The fraction of sp³-hybridized carbons (Fsp3) is 0.333. The fourth-order valence-corrected chi connectivity index (χ4v) is 1.54. The van der Waals surface area contributed by atoms with E-state index in [1.165, 1.54) is 0 Å². The average molecular weight is 231 g/mol. The van der Waals surface area contributed by atoms with Gasteiger partial charge in [-0.1, -0.05) is 6.08 Å². The Morgan fingerprint density at radius 2 is 2.35 bits per heavy atom. The zero-order valence-electron chi connectivity index (χ0n) is 10.2. The van der Waals surface area contributed by atoms with E-state index in [2.05, 4.69) is 35.8 Å². The molecule has 5 heteroatoms. The van der Waals surface area contributed by atoms with Crippen molar-refractivity contribution in [1.29, 1.82) is 0 Å². The highest BCUT2D eigenvalue weighted by molar-refractivity contribution is 5.39. The van der Waals surface area contributed by atoms with Gasteiger partial charge in [-0.05, 0) is 13.8 Å². The summed E-state index contributed by atoms with van der Waals surface area (Å²) in [6, 6.07) is 0.358. The standard InChI is InChI=1S/C12H17N5/c1-4-5-13-12-14-6-7-16(12)11-8-15-17(9-11)10(2)3/h4,6-10H,1,5H2,2-3H3,(H,13,14). The zero-order valence-corrected chi connectivity index (χ0v) is 10.2. The van der Waals surface area contributed by atoms with Crippen LogP contribution in [0.1, 0.15) is 19.9 Å². The van der Waals surface area contributed by atoms with Crippen LogP contribution in [0.3, 0.4) is 0 Å². The van der Waals surface area contributed by atoms with Gasteiger partial charge in [0, 0.05) is 31.2 Å². The molecule has 2 aromatic rings. The van der Waals surface area contributed by atoms with Gasteiger partial charge in [0.15, 0.2) is 0 Å². The summed E-state index contributed by atoms with van der Waals surface area (Å²) in [5.41, 5.74) is 1.00. The van der Waals surface area contributed by atoms with Crippen LogP contribution < -0.4 is 5.32 Å². The van der Waals surface area contributed by atoms with Gasteiger partial charge in [-0.3, -0.25) is 9.25 Å². The number of nitrogens with one attached hydrogen (secondary N) is 1. The average Bonchev–Trinajstić information content (AvgIpc) is 2.94. The lowest BCUT2D eigenvalue weighted by atomic mass is 10.4. The van der Waals surface area contributed by atoms with Crippen LogP contribution in [0, 0.1) is 0 Å². The van der Waals surface area contributed by atoms with E-state index in [1.807, 2.05) is 27.8 Å². The maximum absolute atomic E-state index is 4.31. The molecule has 2 aromatic heterocycles. The van der Waals surface area contributed by atoms with Crippen molar-refractivity contribution in [3.8, 4) is 5.69 Å². The minimum atomic E-state index is 0.358. The largest absolute Gasteiger partial charge is 0.352 e. The molecule has 1 N–H and O–H groups in total. The summed E-state index contributed by atoms with van der Waals surface area (Å²) in [7, 11) is 0. The van der Waals surface area contributed by atoms with E-state index < -0.39 is 0 Å². The lowest BCUT2D eigenvalue weighted by Crippen LogP contribution is -2.05. The molecule has 0 unspecified atom stereocenters. The first-order valence-corrected chi connectivity index (χ1v) is 5.65. The quantitative estimate of drug-likeness (QED) is 0.803. The Kier molecular flexibility index (Phi) is 3.27. The molecule has 5 nitrogen and oxygen atoms in total. The topological polar surface area (TPSA) is 47.7 Å². The summed E-state index contributed by atoms with van der Waals surface area (Å²) in [4.78, 5) is 4.25. The molecular weight excluding hydrogens is 214 g/mol. The lowest BCUT2D eigenvalue weighted by molar-refractivity contribution is 0.532. The van der Waals surface area contributed by atoms with Gasteiger partial charge < -0.3 is 5.32 Å². The molecule has 2 heterocycles. The number of hydrogen-bond donors (Lipinski definition) is 1. The maximum atomic E-state index is 4.31. The smallest absolute Gasteiger partial charge is 0.207 e. The Bertz CT molecular complexity index is 494. The monoisotopic (exact) mass is 231 g/mol. The van der Waals surface area contributed by atoms with Crippen LogP contribution >= 0.6 is 0 Å². The van der Waals surface area contributed by atoms with Gasteiger partial charge in [-0.25, -0.2) is 4.98 Å². The molecule has 0 saturated heterocycles. The Balaban J connectivity index is 2.26. The lowest BCUT2D eigenvalue weighted by Gasteiger charge is -2.06. The highest BCUT2D eigenvalue weighted by Gasteiger charge is 2.07. The van der Waals surface area contributed by atoms with Gasteiger partial charge in [-0.15, -0.1) is 6.58 Å². The number of hydrogen-bond acceptors (Lipinski definition) is 3. The van der Waals surface area contributed by atoms with E-state index in [9.17, 15) is 0 Å². The third kappa shape index (κ3) is 2.38. The van der Waals surface area contributed by atoms with Gasteiger partial charge in [-0.2, -0.15) is 5.10 Å². The van der Waals surface area contributed by atoms with Gasteiger partial charge in [0.05, 0.1) is 11.9 Å². The first-order chi connectivity index (χ1) is 8.22.